The van der Waals surface area contributed by atoms with Crippen LogP contribution in [-0.2, 0) is 19.2 Å². The number of carboxylic acids is 2. The molecule has 45 heavy (non-hydrogen) atoms. The molecule has 10 nitrogen and oxygen atoms in total. The van der Waals surface area contributed by atoms with Crippen LogP contribution in [0.1, 0.15) is 76.6 Å². The number of imidazole rings is 1. The maximum atomic E-state index is 12.7. The zero-order chi connectivity index (χ0) is 34.0. The Hall–Kier alpha value is -3.95. The average molecular weight is 653 g/mol. The van der Waals surface area contributed by atoms with E-state index in [1.807, 2.05) is 36.5 Å². The van der Waals surface area contributed by atoms with Gasteiger partial charge in [0.15, 0.2) is 0 Å². The Balaban J connectivity index is 0.000000601. The number of aromatic nitrogens is 2. The van der Waals surface area contributed by atoms with Crippen LogP contribution in [0, 0.1) is 0 Å². The molecule has 1 atom stereocenters. The van der Waals surface area contributed by atoms with Crippen molar-refractivity contribution in [3.05, 3.63) is 42.4 Å². The van der Waals surface area contributed by atoms with Crippen LogP contribution in [0.25, 0.3) is 11.3 Å². The van der Waals surface area contributed by atoms with Crippen LogP contribution in [0.5, 0.6) is 0 Å². The van der Waals surface area contributed by atoms with E-state index in [2.05, 4.69) is 20.2 Å². The van der Waals surface area contributed by atoms with Crippen molar-refractivity contribution < 1.29 is 55.7 Å². The predicted octanol–water partition coefficient (Wildman–Crippen LogP) is 5.92. The van der Waals surface area contributed by atoms with E-state index in [9.17, 15) is 35.9 Å². The fourth-order valence-electron chi connectivity index (χ4n) is 4.16. The Morgan fingerprint density at radius 3 is 1.96 bits per heavy atom. The summed E-state index contributed by atoms with van der Waals surface area (Å²) in [5.41, 5.74) is 2.04. The molecule has 2 heterocycles. The van der Waals surface area contributed by atoms with Crippen LogP contribution in [-0.4, -0.2) is 80.7 Å². The number of aliphatic carboxylic acids is 2. The lowest BCUT2D eigenvalue weighted by Gasteiger charge is -2.26. The predicted molar refractivity (Wildman–Crippen MR) is 151 cm³/mol. The van der Waals surface area contributed by atoms with Crippen molar-refractivity contribution in [1.29, 1.82) is 0 Å². The molecular formula is C29H38F6N4O6. The molecule has 2 aromatic rings. The van der Waals surface area contributed by atoms with Gasteiger partial charge in [-0.3, -0.25) is 4.79 Å². The molecule has 1 aliphatic heterocycles. The number of carbonyl (C=O) groups is 4. The lowest BCUT2D eigenvalue weighted by Crippen LogP contribution is -2.35. The number of nitrogens with zero attached hydrogens (tertiary/aromatic N) is 2. The molecule has 1 aromatic heterocycles. The first-order valence-corrected chi connectivity index (χ1v) is 14.2. The minimum atomic E-state index is -5.08. The number of ketones is 1. The number of nitrogens with one attached hydrogen (secondary N) is 2. The molecule has 1 aromatic carbocycles. The number of hydrogen-bond acceptors (Lipinski definition) is 6. The molecule has 0 saturated carbocycles. The van der Waals surface area contributed by atoms with Crippen molar-refractivity contribution in [2.75, 3.05) is 19.6 Å². The Bertz CT molecular complexity index is 1170. The molecule has 0 spiro atoms. The van der Waals surface area contributed by atoms with E-state index in [4.69, 9.17) is 19.8 Å². The largest absolute Gasteiger partial charge is 0.490 e. The number of halogens is 6. The number of carboxylic acid groups (broad SMARTS) is 2. The standard InChI is InChI=1S/C25H36N4O2.2C2HF3O2/c1-20(30)11-5-2-8-14-22(27-24(31)15-18-29-16-9-4-10-17-29)25-26-19-23(28-25)21-12-6-3-7-13-21;2*3-2(4,5)1(6)7/h3,6-7,12-13,19,22H,2,4-5,8-11,14-18H2,1H3,(H,26,28)(H,27,31);2*(H,6,7)/t22-;;/m0../s1. The summed E-state index contributed by atoms with van der Waals surface area (Å²) in [5.74, 6) is -4.39. The smallest absolute Gasteiger partial charge is 0.475 e. The van der Waals surface area contributed by atoms with E-state index in [0.717, 1.165) is 62.4 Å². The third kappa shape index (κ3) is 17.2. The van der Waals surface area contributed by atoms with Crippen molar-refractivity contribution in [2.45, 2.75) is 83.1 Å². The molecule has 0 bridgehead atoms. The van der Waals surface area contributed by atoms with Gasteiger partial charge in [-0.05, 0) is 51.3 Å². The van der Waals surface area contributed by atoms with Gasteiger partial charge in [-0.25, -0.2) is 14.6 Å². The van der Waals surface area contributed by atoms with E-state index in [1.165, 1.54) is 19.3 Å². The van der Waals surface area contributed by atoms with Gasteiger partial charge >= 0.3 is 24.3 Å². The van der Waals surface area contributed by atoms with Crippen LogP contribution in [0.4, 0.5) is 26.3 Å². The quantitative estimate of drug-likeness (QED) is 0.163. The number of aromatic amines is 1. The number of H-pyrrole nitrogens is 1. The number of carbonyl (C=O) groups excluding carboxylic acids is 2. The van der Waals surface area contributed by atoms with Crippen LogP contribution in [0.2, 0.25) is 0 Å². The zero-order valence-electron chi connectivity index (χ0n) is 24.7. The average Bonchev–Trinajstić information content (AvgIpc) is 3.46. The number of unbranched alkanes of at least 4 members (excludes halogenated alkanes) is 2. The molecule has 0 unspecified atom stereocenters. The molecule has 4 N–H and O–H groups in total. The number of likely N-dealkylation sites (tertiary alicyclic amines) is 1. The number of alkyl halides is 6. The van der Waals surface area contributed by atoms with Crippen LogP contribution >= 0.6 is 0 Å². The molecule has 3 rings (SSSR count). The third-order valence-corrected chi connectivity index (χ3v) is 6.46. The van der Waals surface area contributed by atoms with Crippen molar-refractivity contribution in [3.8, 4) is 11.3 Å². The van der Waals surface area contributed by atoms with Gasteiger partial charge in [0.05, 0.1) is 17.9 Å². The molecule has 1 aliphatic rings. The first-order valence-electron chi connectivity index (χ1n) is 14.2. The van der Waals surface area contributed by atoms with Gasteiger partial charge in [0, 0.05) is 19.4 Å². The van der Waals surface area contributed by atoms with Gasteiger partial charge in [0.25, 0.3) is 0 Å². The van der Waals surface area contributed by atoms with Gasteiger partial charge in [0.2, 0.25) is 5.91 Å². The van der Waals surface area contributed by atoms with Crippen molar-refractivity contribution >= 4 is 23.6 Å². The molecular weight excluding hydrogens is 614 g/mol. The van der Waals surface area contributed by atoms with Crippen molar-refractivity contribution in [1.82, 2.24) is 20.2 Å². The highest BCUT2D eigenvalue weighted by molar-refractivity contribution is 5.76. The maximum absolute atomic E-state index is 12.7. The normalized spacial score (nSPS) is 14.2. The summed E-state index contributed by atoms with van der Waals surface area (Å²) in [5, 5.41) is 17.5. The number of benzene rings is 1. The zero-order valence-corrected chi connectivity index (χ0v) is 24.7. The van der Waals surface area contributed by atoms with Crippen LogP contribution in [0.15, 0.2) is 36.5 Å². The summed E-state index contributed by atoms with van der Waals surface area (Å²) in [6, 6.07) is 9.96. The fourth-order valence-corrected chi connectivity index (χ4v) is 4.16. The third-order valence-electron chi connectivity index (χ3n) is 6.46. The Morgan fingerprint density at radius 2 is 1.44 bits per heavy atom. The lowest BCUT2D eigenvalue weighted by atomic mass is 10.1. The molecule has 0 aliphatic carbocycles. The summed E-state index contributed by atoms with van der Waals surface area (Å²) < 4.78 is 63.5. The van der Waals surface area contributed by atoms with Crippen molar-refractivity contribution in [3.63, 3.8) is 0 Å². The van der Waals surface area contributed by atoms with Crippen LogP contribution in [0.3, 0.4) is 0 Å². The first kappa shape index (κ1) is 39.1. The maximum Gasteiger partial charge on any atom is 0.490 e. The van der Waals surface area contributed by atoms with Gasteiger partial charge in [0.1, 0.15) is 11.6 Å². The van der Waals surface area contributed by atoms with E-state index in [0.29, 0.717) is 12.8 Å². The Morgan fingerprint density at radius 1 is 0.889 bits per heavy atom. The minimum Gasteiger partial charge on any atom is -0.475 e. The van der Waals surface area contributed by atoms with E-state index >= 15 is 0 Å². The first-order chi connectivity index (χ1) is 21.0. The van der Waals surface area contributed by atoms with Crippen LogP contribution < -0.4 is 5.32 Å². The van der Waals surface area contributed by atoms with Gasteiger partial charge in [-0.2, -0.15) is 26.3 Å². The molecule has 16 heteroatoms. The SMILES string of the molecule is CC(=O)CCCCC[C@H](NC(=O)CCN1CCCCC1)c1ncc(-c2ccccc2)[nH]1.O=C(O)C(F)(F)F.O=C(O)C(F)(F)F. The fraction of sp³-hybridized carbons (Fsp3) is 0.552. The number of hydrogen-bond donors (Lipinski definition) is 4. The topological polar surface area (TPSA) is 153 Å². The Kier molecular flexibility index (Phi) is 16.9. The summed E-state index contributed by atoms with van der Waals surface area (Å²) in [7, 11) is 0. The van der Waals surface area contributed by atoms with E-state index in [-0.39, 0.29) is 17.7 Å². The molecule has 1 amide bonds. The molecule has 1 fully saturated rings. The lowest BCUT2D eigenvalue weighted by molar-refractivity contribution is -0.193. The molecule has 0 radical (unpaired) electrons. The number of piperidine rings is 1. The van der Waals surface area contributed by atoms with Crippen molar-refractivity contribution in [2.24, 2.45) is 0 Å². The van der Waals surface area contributed by atoms with E-state index in [1.54, 1.807) is 6.92 Å². The molecule has 252 valence electrons. The minimum absolute atomic E-state index is 0.0805. The monoisotopic (exact) mass is 652 g/mol. The summed E-state index contributed by atoms with van der Waals surface area (Å²) in [6.07, 6.45) is 0.242. The number of amides is 1. The van der Waals surface area contributed by atoms with Gasteiger partial charge in [-0.15, -0.1) is 0 Å². The van der Waals surface area contributed by atoms with E-state index < -0.39 is 24.3 Å². The second-order valence-corrected chi connectivity index (χ2v) is 10.2. The van der Waals surface area contributed by atoms with Gasteiger partial charge in [-0.1, -0.05) is 49.6 Å². The number of rotatable bonds is 12. The highest BCUT2D eigenvalue weighted by Crippen LogP contribution is 2.23. The summed E-state index contributed by atoms with van der Waals surface area (Å²) in [4.78, 5) is 52.1. The second kappa shape index (κ2) is 19.4. The summed E-state index contributed by atoms with van der Waals surface area (Å²) in [6.45, 7) is 4.67. The Labute approximate surface area is 256 Å². The molecule has 1 saturated heterocycles. The van der Waals surface area contributed by atoms with Gasteiger partial charge < -0.3 is 30.2 Å². The highest BCUT2D eigenvalue weighted by Gasteiger charge is 2.38. The second-order valence-electron chi connectivity index (χ2n) is 10.2. The highest BCUT2D eigenvalue weighted by atomic mass is 19.4. The summed E-state index contributed by atoms with van der Waals surface area (Å²) >= 11 is 0. The number of Topliss-reactive ketones (excluding diaryl/α,β-unsaturated/α-hetero) is 1.